The summed E-state index contributed by atoms with van der Waals surface area (Å²) in [5.41, 5.74) is 0.102. The van der Waals surface area contributed by atoms with Gasteiger partial charge in [0, 0.05) is 12.1 Å². The lowest BCUT2D eigenvalue weighted by Crippen LogP contribution is -2.54. The molecule has 22 heavy (non-hydrogen) atoms. The van der Waals surface area contributed by atoms with E-state index in [1.807, 2.05) is 25.7 Å². The molecule has 0 bridgehead atoms. The number of hydrogen-bond donors (Lipinski definition) is 0. The highest BCUT2D eigenvalue weighted by molar-refractivity contribution is 5.70. The van der Waals surface area contributed by atoms with Gasteiger partial charge in [-0.05, 0) is 53.9 Å². The molecule has 1 saturated heterocycles. The SMILES string of the molecule is CC(C)(C)N(OC(=O)N1CCCCC1(C)C)c1cncnc1. The maximum atomic E-state index is 12.7. The van der Waals surface area contributed by atoms with Crippen LogP contribution in [0.3, 0.4) is 0 Å². The van der Waals surface area contributed by atoms with E-state index in [-0.39, 0.29) is 17.2 Å². The molecule has 122 valence electrons. The molecule has 1 amide bonds. The standard InChI is InChI=1S/C16H26N4O2/c1-15(2,3)20(13-10-17-12-18-11-13)22-14(21)19-9-7-6-8-16(19,4)5/h10-12H,6-9H2,1-5H3. The zero-order chi connectivity index (χ0) is 16.4. The molecule has 1 fully saturated rings. The quantitative estimate of drug-likeness (QED) is 0.784. The number of anilines is 1. The minimum Gasteiger partial charge on any atom is -0.321 e. The number of carbonyl (C=O) groups is 1. The smallest absolute Gasteiger partial charge is 0.321 e. The molecular formula is C16H26N4O2. The third kappa shape index (κ3) is 3.67. The molecule has 0 aromatic carbocycles. The van der Waals surface area contributed by atoms with Gasteiger partial charge in [-0.15, -0.1) is 0 Å². The van der Waals surface area contributed by atoms with Gasteiger partial charge in [0.1, 0.15) is 12.0 Å². The molecule has 0 radical (unpaired) electrons. The Labute approximate surface area is 132 Å². The Kier molecular flexibility index (Phi) is 4.58. The fourth-order valence-corrected chi connectivity index (χ4v) is 2.70. The fraction of sp³-hybridized carbons (Fsp3) is 0.688. The number of hydroxylamine groups is 1. The van der Waals surface area contributed by atoms with Crippen LogP contribution in [0.5, 0.6) is 0 Å². The Bertz CT molecular complexity index is 511. The lowest BCUT2D eigenvalue weighted by molar-refractivity contribution is 0.0245. The molecule has 2 heterocycles. The summed E-state index contributed by atoms with van der Waals surface area (Å²) in [5, 5.41) is 1.58. The van der Waals surface area contributed by atoms with Crippen molar-refractivity contribution in [1.82, 2.24) is 14.9 Å². The number of likely N-dealkylation sites (tertiary alicyclic amines) is 1. The largest absolute Gasteiger partial charge is 0.434 e. The van der Waals surface area contributed by atoms with E-state index in [2.05, 4.69) is 23.8 Å². The van der Waals surface area contributed by atoms with Gasteiger partial charge in [-0.25, -0.2) is 14.8 Å². The third-order valence-electron chi connectivity index (χ3n) is 3.93. The normalized spacial score (nSPS) is 18.0. The molecule has 0 N–H and O–H groups in total. The minimum atomic E-state index is -0.389. The number of rotatable bonds is 2. The van der Waals surface area contributed by atoms with Crippen molar-refractivity contribution >= 4 is 11.8 Å². The van der Waals surface area contributed by atoms with Crippen LogP contribution in [0.1, 0.15) is 53.9 Å². The van der Waals surface area contributed by atoms with Crippen LogP contribution in [0.25, 0.3) is 0 Å². The molecule has 0 unspecified atom stereocenters. The van der Waals surface area contributed by atoms with Crippen LogP contribution in [-0.4, -0.2) is 38.6 Å². The van der Waals surface area contributed by atoms with Crippen molar-refractivity contribution < 1.29 is 9.63 Å². The van der Waals surface area contributed by atoms with Crippen LogP contribution in [0.2, 0.25) is 0 Å². The highest BCUT2D eigenvalue weighted by Crippen LogP contribution is 2.30. The van der Waals surface area contributed by atoms with E-state index in [9.17, 15) is 4.79 Å². The van der Waals surface area contributed by atoms with E-state index in [0.717, 1.165) is 25.8 Å². The van der Waals surface area contributed by atoms with E-state index in [0.29, 0.717) is 5.69 Å². The zero-order valence-electron chi connectivity index (χ0n) is 14.2. The Hall–Kier alpha value is -1.85. The topological polar surface area (TPSA) is 58.6 Å². The van der Waals surface area contributed by atoms with Gasteiger partial charge in [0.15, 0.2) is 0 Å². The van der Waals surface area contributed by atoms with E-state index in [1.54, 1.807) is 17.5 Å². The Morgan fingerprint density at radius 2 is 1.91 bits per heavy atom. The van der Waals surface area contributed by atoms with Gasteiger partial charge in [0.2, 0.25) is 0 Å². The molecule has 0 atom stereocenters. The van der Waals surface area contributed by atoms with Gasteiger partial charge in [-0.2, -0.15) is 5.06 Å². The van der Waals surface area contributed by atoms with Gasteiger partial charge in [-0.3, -0.25) is 0 Å². The molecule has 6 nitrogen and oxygen atoms in total. The fourth-order valence-electron chi connectivity index (χ4n) is 2.70. The summed E-state index contributed by atoms with van der Waals surface area (Å²) < 4.78 is 0. The molecule has 0 aliphatic carbocycles. The Balaban J connectivity index is 2.19. The number of carbonyl (C=O) groups excluding carboxylic acids is 1. The summed E-state index contributed by atoms with van der Waals surface area (Å²) in [4.78, 5) is 28.2. The molecule has 1 aliphatic rings. The second-order valence-electron chi connectivity index (χ2n) is 7.34. The average Bonchev–Trinajstić information content (AvgIpc) is 2.43. The first-order valence-electron chi connectivity index (χ1n) is 7.77. The Morgan fingerprint density at radius 1 is 1.27 bits per heavy atom. The van der Waals surface area contributed by atoms with Crippen molar-refractivity contribution in [3.8, 4) is 0 Å². The van der Waals surface area contributed by atoms with Crippen LogP contribution < -0.4 is 5.06 Å². The van der Waals surface area contributed by atoms with Crippen LogP contribution in [0.4, 0.5) is 10.5 Å². The maximum absolute atomic E-state index is 12.7. The van der Waals surface area contributed by atoms with E-state index in [1.165, 1.54) is 6.33 Å². The van der Waals surface area contributed by atoms with E-state index in [4.69, 9.17) is 4.84 Å². The average molecular weight is 306 g/mol. The Morgan fingerprint density at radius 3 is 2.45 bits per heavy atom. The minimum absolute atomic E-state index is 0.175. The summed E-state index contributed by atoms with van der Waals surface area (Å²) >= 11 is 0. The highest BCUT2D eigenvalue weighted by Gasteiger charge is 2.37. The second kappa shape index (κ2) is 6.10. The van der Waals surface area contributed by atoms with Gasteiger partial charge in [-0.1, -0.05) is 0 Å². The van der Waals surface area contributed by atoms with Crippen molar-refractivity contribution in [2.45, 2.75) is 65.0 Å². The van der Waals surface area contributed by atoms with Crippen molar-refractivity contribution in [2.24, 2.45) is 0 Å². The van der Waals surface area contributed by atoms with Crippen LogP contribution in [0, 0.1) is 0 Å². The molecule has 6 heteroatoms. The predicted molar refractivity (Wildman–Crippen MR) is 85.4 cm³/mol. The summed E-state index contributed by atoms with van der Waals surface area (Å²) in [7, 11) is 0. The number of aromatic nitrogens is 2. The molecule has 1 aromatic rings. The zero-order valence-corrected chi connectivity index (χ0v) is 14.2. The highest BCUT2D eigenvalue weighted by atomic mass is 16.7. The molecule has 1 aromatic heterocycles. The van der Waals surface area contributed by atoms with Gasteiger partial charge < -0.3 is 9.74 Å². The first-order valence-corrected chi connectivity index (χ1v) is 7.77. The summed E-state index contributed by atoms with van der Waals surface area (Å²) in [6.45, 7) is 10.8. The molecule has 0 saturated carbocycles. The first-order chi connectivity index (χ1) is 10.2. The van der Waals surface area contributed by atoms with Crippen molar-refractivity contribution in [3.63, 3.8) is 0 Å². The summed E-state index contributed by atoms with van der Waals surface area (Å²) in [5.74, 6) is 0. The number of amides is 1. The number of piperidine rings is 1. The van der Waals surface area contributed by atoms with Crippen molar-refractivity contribution in [1.29, 1.82) is 0 Å². The van der Waals surface area contributed by atoms with Crippen LogP contribution >= 0.6 is 0 Å². The van der Waals surface area contributed by atoms with Crippen molar-refractivity contribution in [2.75, 3.05) is 11.6 Å². The van der Waals surface area contributed by atoms with Crippen LogP contribution in [0.15, 0.2) is 18.7 Å². The predicted octanol–water partition coefficient (Wildman–Crippen LogP) is 3.40. The molecule has 2 rings (SSSR count). The van der Waals surface area contributed by atoms with Gasteiger partial charge in [0.05, 0.1) is 17.9 Å². The van der Waals surface area contributed by atoms with E-state index < -0.39 is 0 Å². The molecule has 0 spiro atoms. The molecular weight excluding hydrogens is 280 g/mol. The molecule has 1 aliphatic heterocycles. The first kappa shape index (κ1) is 16.5. The second-order valence-corrected chi connectivity index (χ2v) is 7.34. The lowest BCUT2D eigenvalue weighted by Gasteiger charge is -2.43. The number of hydrogen-bond acceptors (Lipinski definition) is 5. The number of nitrogens with zero attached hydrogens (tertiary/aromatic N) is 4. The van der Waals surface area contributed by atoms with Crippen LogP contribution in [-0.2, 0) is 4.84 Å². The maximum Gasteiger partial charge on any atom is 0.434 e. The van der Waals surface area contributed by atoms with Crippen molar-refractivity contribution in [3.05, 3.63) is 18.7 Å². The summed E-state index contributed by atoms with van der Waals surface area (Å²) in [6.07, 6.45) is 7.59. The van der Waals surface area contributed by atoms with Gasteiger partial charge >= 0.3 is 6.09 Å². The summed E-state index contributed by atoms with van der Waals surface area (Å²) in [6, 6.07) is 0. The van der Waals surface area contributed by atoms with Gasteiger partial charge in [0.25, 0.3) is 0 Å². The monoisotopic (exact) mass is 306 g/mol. The third-order valence-corrected chi connectivity index (χ3v) is 3.93. The van der Waals surface area contributed by atoms with E-state index >= 15 is 0 Å². The lowest BCUT2D eigenvalue weighted by atomic mass is 9.91.